The average molecular weight is 444 g/mol. The highest BCUT2D eigenvalue weighted by Crippen LogP contribution is 2.24. The molecule has 1 aliphatic heterocycles. The quantitative estimate of drug-likeness (QED) is 0.628. The normalized spacial score (nSPS) is 13.6. The number of hydrogen-bond acceptors (Lipinski definition) is 5. The predicted octanol–water partition coefficient (Wildman–Crippen LogP) is 1.94. The number of amides is 3. The third kappa shape index (κ3) is 4.67. The van der Waals surface area contributed by atoms with E-state index in [2.05, 4.69) is 5.32 Å². The zero-order chi connectivity index (χ0) is 22.8. The third-order valence-corrected chi connectivity index (χ3v) is 7.03. The van der Waals surface area contributed by atoms with Gasteiger partial charge in [0.25, 0.3) is 11.8 Å². The summed E-state index contributed by atoms with van der Waals surface area (Å²) in [5.74, 6) is -0.973. The van der Waals surface area contributed by atoms with Crippen LogP contribution in [0.5, 0.6) is 0 Å². The molecule has 0 saturated carbocycles. The predicted molar refractivity (Wildman–Crippen MR) is 115 cm³/mol. The van der Waals surface area contributed by atoms with Gasteiger partial charge in [0.1, 0.15) is 0 Å². The maximum atomic E-state index is 12.5. The first-order valence-corrected chi connectivity index (χ1v) is 11.3. The van der Waals surface area contributed by atoms with E-state index in [0.29, 0.717) is 23.1 Å². The van der Waals surface area contributed by atoms with Crippen LogP contribution in [0.3, 0.4) is 0 Å². The Morgan fingerprint density at radius 1 is 1.03 bits per heavy atom. The molecule has 0 saturated heterocycles. The van der Waals surface area contributed by atoms with Crippen molar-refractivity contribution >= 4 is 27.7 Å². The van der Waals surface area contributed by atoms with Crippen molar-refractivity contribution < 1.29 is 22.8 Å². The van der Waals surface area contributed by atoms with Crippen molar-refractivity contribution in [1.82, 2.24) is 14.5 Å². The maximum absolute atomic E-state index is 12.5. The lowest BCUT2D eigenvalue weighted by Gasteiger charge is -2.16. The molecule has 0 spiro atoms. The van der Waals surface area contributed by atoms with Crippen LogP contribution in [0.2, 0.25) is 0 Å². The third-order valence-electron chi connectivity index (χ3n) is 5.12. The lowest BCUT2D eigenvalue weighted by atomic mass is 10.1. The summed E-state index contributed by atoms with van der Waals surface area (Å²) in [5.41, 5.74) is 2.17. The molecule has 8 nitrogen and oxygen atoms in total. The van der Waals surface area contributed by atoms with E-state index in [1.165, 1.54) is 20.2 Å². The summed E-state index contributed by atoms with van der Waals surface area (Å²) in [6.45, 7) is 2.06. The van der Waals surface area contributed by atoms with Crippen LogP contribution >= 0.6 is 0 Å². The highest BCUT2D eigenvalue weighted by atomic mass is 32.2. The molecule has 0 radical (unpaired) electrons. The average Bonchev–Trinajstić information content (AvgIpc) is 2.96. The van der Waals surface area contributed by atoms with Crippen LogP contribution in [-0.4, -0.2) is 56.0 Å². The first-order valence-electron chi connectivity index (χ1n) is 9.87. The Bertz CT molecular complexity index is 1140. The summed E-state index contributed by atoms with van der Waals surface area (Å²) in [6.07, 6.45) is 0.420. The number of nitrogens with one attached hydrogen (secondary N) is 1. The van der Waals surface area contributed by atoms with Gasteiger partial charge < -0.3 is 5.32 Å². The summed E-state index contributed by atoms with van der Waals surface area (Å²) in [5, 5.41) is 2.71. The van der Waals surface area contributed by atoms with Gasteiger partial charge in [0.15, 0.2) is 0 Å². The van der Waals surface area contributed by atoms with Gasteiger partial charge in [0, 0.05) is 33.6 Å². The fourth-order valence-electron chi connectivity index (χ4n) is 3.39. The van der Waals surface area contributed by atoms with Crippen molar-refractivity contribution in [3.63, 3.8) is 0 Å². The number of aryl methyl sites for hydroxylation is 1. The van der Waals surface area contributed by atoms with Crippen LogP contribution < -0.4 is 5.32 Å². The fourth-order valence-corrected chi connectivity index (χ4v) is 4.50. The second-order valence-corrected chi connectivity index (χ2v) is 9.71. The van der Waals surface area contributed by atoms with E-state index in [9.17, 15) is 22.8 Å². The van der Waals surface area contributed by atoms with Crippen LogP contribution in [0.1, 0.15) is 44.7 Å². The van der Waals surface area contributed by atoms with E-state index in [1.54, 1.807) is 36.4 Å². The van der Waals surface area contributed by atoms with Gasteiger partial charge in [-0.1, -0.05) is 29.8 Å². The molecule has 1 N–H and O–H groups in total. The largest absolute Gasteiger partial charge is 0.352 e. The molecular weight excluding hydrogens is 418 g/mol. The standard InChI is InChI=1S/C22H25N3O5S/c1-15-10-11-17-18(13-15)22(28)25(21(17)27)12-6-9-20(26)23-14-16-7-4-5-8-19(16)31(29,30)24(2)3/h4-5,7-8,10-11,13H,6,9,12,14H2,1-3H3,(H,23,26). The van der Waals surface area contributed by atoms with Crippen LogP contribution in [0, 0.1) is 6.92 Å². The van der Waals surface area contributed by atoms with E-state index in [4.69, 9.17) is 0 Å². The van der Waals surface area contributed by atoms with Gasteiger partial charge in [-0.15, -0.1) is 0 Å². The van der Waals surface area contributed by atoms with E-state index in [1.807, 2.05) is 6.92 Å². The molecule has 0 aliphatic carbocycles. The minimum absolute atomic E-state index is 0.0639. The number of carbonyl (C=O) groups excluding carboxylic acids is 3. The highest BCUT2D eigenvalue weighted by Gasteiger charge is 2.35. The summed E-state index contributed by atoms with van der Waals surface area (Å²) in [7, 11) is -0.725. The number of imide groups is 1. The summed E-state index contributed by atoms with van der Waals surface area (Å²) in [4.78, 5) is 38.5. The van der Waals surface area contributed by atoms with E-state index >= 15 is 0 Å². The second-order valence-electron chi connectivity index (χ2n) is 7.59. The molecule has 0 unspecified atom stereocenters. The molecule has 1 heterocycles. The number of hydrogen-bond donors (Lipinski definition) is 1. The zero-order valence-electron chi connectivity index (χ0n) is 17.7. The summed E-state index contributed by atoms with van der Waals surface area (Å²) >= 11 is 0. The second kappa shape index (κ2) is 8.99. The Labute approximate surface area is 181 Å². The maximum Gasteiger partial charge on any atom is 0.261 e. The Balaban J connectivity index is 1.55. The lowest BCUT2D eigenvalue weighted by Crippen LogP contribution is -2.32. The molecule has 164 valence electrons. The number of carbonyl (C=O) groups is 3. The van der Waals surface area contributed by atoms with Crippen molar-refractivity contribution in [2.45, 2.75) is 31.2 Å². The first kappa shape index (κ1) is 22.6. The van der Waals surface area contributed by atoms with Crippen LogP contribution in [0.4, 0.5) is 0 Å². The van der Waals surface area contributed by atoms with Gasteiger partial charge in [-0.3, -0.25) is 19.3 Å². The molecule has 1 aliphatic rings. The molecule has 0 atom stereocenters. The van der Waals surface area contributed by atoms with Crippen molar-refractivity contribution in [2.24, 2.45) is 0 Å². The molecule has 9 heteroatoms. The van der Waals surface area contributed by atoms with Crippen molar-refractivity contribution in [3.05, 3.63) is 64.7 Å². The molecule has 2 aromatic carbocycles. The van der Waals surface area contributed by atoms with E-state index in [0.717, 1.165) is 14.8 Å². The SMILES string of the molecule is Cc1ccc2c(c1)C(=O)N(CCCC(=O)NCc1ccccc1S(=O)(=O)N(C)C)C2=O. The van der Waals surface area contributed by atoms with Gasteiger partial charge >= 0.3 is 0 Å². The number of benzene rings is 2. The molecule has 0 fully saturated rings. The molecule has 31 heavy (non-hydrogen) atoms. The Hall–Kier alpha value is -3.04. The van der Waals surface area contributed by atoms with Gasteiger partial charge in [0.05, 0.1) is 16.0 Å². The van der Waals surface area contributed by atoms with Gasteiger partial charge in [0.2, 0.25) is 15.9 Å². The Morgan fingerprint density at radius 3 is 2.42 bits per heavy atom. The Morgan fingerprint density at radius 2 is 1.71 bits per heavy atom. The number of rotatable bonds is 8. The highest BCUT2D eigenvalue weighted by molar-refractivity contribution is 7.89. The van der Waals surface area contributed by atoms with Gasteiger partial charge in [-0.2, -0.15) is 0 Å². The summed E-state index contributed by atoms with van der Waals surface area (Å²) < 4.78 is 26.0. The molecular formula is C22H25N3O5S. The first-order chi connectivity index (χ1) is 14.6. The van der Waals surface area contributed by atoms with Crippen LogP contribution in [0.15, 0.2) is 47.4 Å². The molecule has 3 rings (SSSR count). The smallest absolute Gasteiger partial charge is 0.261 e. The van der Waals surface area contributed by atoms with Crippen molar-refractivity contribution in [1.29, 1.82) is 0 Å². The monoisotopic (exact) mass is 443 g/mol. The van der Waals surface area contributed by atoms with E-state index < -0.39 is 10.0 Å². The van der Waals surface area contributed by atoms with Crippen LogP contribution in [0.25, 0.3) is 0 Å². The molecule has 3 amide bonds. The number of sulfonamides is 1. The van der Waals surface area contributed by atoms with Crippen molar-refractivity contribution in [3.8, 4) is 0 Å². The zero-order valence-corrected chi connectivity index (χ0v) is 18.5. The molecule has 0 bridgehead atoms. The minimum atomic E-state index is -3.62. The van der Waals surface area contributed by atoms with E-state index in [-0.39, 0.29) is 42.1 Å². The topological polar surface area (TPSA) is 104 Å². The minimum Gasteiger partial charge on any atom is -0.352 e. The van der Waals surface area contributed by atoms with Crippen molar-refractivity contribution in [2.75, 3.05) is 20.6 Å². The van der Waals surface area contributed by atoms with Gasteiger partial charge in [-0.05, 0) is 37.1 Å². The Kier molecular flexibility index (Phi) is 6.56. The number of fused-ring (bicyclic) bond motifs is 1. The lowest BCUT2D eigenvalue weighted by molar-refractivity contribution is -0.121. The molecule has 2 aromatic rings. The molecule has 0 aromatic heterocycles. The van der Waals surface area contributed by atoms with Gasteiger partial charge in [-0.25, -0.2) is 12.7 Å². The summed E-state index contributed by atoms with van der Waals surface area (Å²) in [6, 6.07) is 11.6. The van der Waals surface area contributed by atoms with Crippen LogP contribution in [-0.2, 0) is 21.4 Å². The number of nitrogens with zero attached hydrogens (tertiary/aromatic N) is 2. The fraction of sp³-hybridized carbons (Fsp3) is 0.318.